The Morgan fingerprint density at radius 3 is 2.71 bits per heavy atom. The van der Waals surface area contributed by atoms with Crippen molar-refractivity contribution in [1.29, 1.82) is 0 Å². The maximum atomic E-state index is 12.3. The van der Waals surface area contributed by atoms with Crippen LogP contribution in [0.1, 0.15) is 23.5 Å². The molecule has 0 saturated carbocycles. The van der Waals surface area contributed by atoms with Gasteiger partial charge in [-0.15, -0.1) is 0 Å². The molecule has 1 amide bonds. The number of methoxy groups -OCH3 is 1. The number of carbonyl (C=O) groups excluding carboxylic acids is 1. The molecule has 2 rings (SSSR count). The first-order valence-electron chi connectivity index (χ1n) is 6.25. The van der Waals surface area contributed by atoms with Crippen molar-refractivity contribution in [3.05, 3.63) is 42.2 Å². The second-order valence-corrected chi connectivity index (χ2v) is 4.33. The monoisotopic (exact) mass is 289 g/mol. The van der Waals surface area contributed by atoms with Crippen LogP contribution in [-0.2, 0) is 4.79 Å². The zero-order valence-corrected chi connectivity index (χ0v) is 11.6. The van der Waals surface area contributed by atoms with E-state index in [1.54, 1.807) is 24.3 Å². The Morgan fingerprint density at radius 1 is 1.33 bits per heavy atom. The summed E-state index contributed by atoms with van der Waals surface area (Å²) in [6.45, 7) is 1.45. The van der Waals surface area contributed by atoms with E-state index in [1.807, 2.05) is 0 Å². The molecule has 1 aromatic heterocycles. The van der Waals surface area contributed by atoms with Gasteiger partial charge in [0.05, 0.1) is 12.8 Å². The maximum absolute atomic E-state index is 12.3. The smallest absolute Gasteiger partial charge is 0.328 e. The molecular formula is C14H15N3O4. The molecule has 7 nitrogen and oxygen atoms in total. The second kappa shape index (κ2) is 6.08. The standard InChI is InChI=1S/C14H15N3O4/c1-9(14(19)20)17-11(7-8-15-17)13(18)16-10-5-3-4-6-12(10)21-2/h3-9H,1-2H3,(H,16,18)(H,19,20). The Bertz CT molecular complexity index is 666. The number of aromatic nitrogens is 2. The fourth-order valence-corrected chi connectivity index (χ4v) is 1.84. The topological polar surface area (TPSA) is 93.5 Å². The zero-order valence-electron chi connectivity index (χ0n) is 11.6. The van der Waals surface area contributed by atoms with E-state index >= 15 is 0 Å². The van der Waals surface area contributed by atoms with Crippen LogP contribution in [0, 0.1) is 0 Å². The lowest BCUT2D eigenvalue weighted by Gasteiger charge is -2.13. The van der Waals surface area contributed by atoms with Gasteiger partial charge in [0, 0.05) is 6.20 Å². The molecule has 1 aromatic carbocycles. The number of ether oxygens (including phenoxy) is 1. The highest BCUT2D eigenvalue weighted by Gasteiger charge is 2.21. The van der Waals surface area contributed by atoms with Crippen molar-refractivity contribution in [2.45, 2.75) is 13.0 Å². The fourth-order valence-electron chi connectivity index (χ4n) is 1.84. The number of carbonyl (C=O) groups is 2. The predicted octanol–water partition coefficient (Wildman–Crippen LogP) is 1.79. The molecule has 0 aliphatic heterocycles. The maximum Gasteiger partial charge on any atom is 0.328 e. The van der Waals surface area contributed by atoms with Crippen LogP contribution < -0.4 is 10.1 Å². The lowest BCUT2D eigenvalue weighted by molar-refractivity contribution is -0.140. The average molecular weight is 289 g/mol. The van der Waals surface area contributed by atoms with E-state index in [2.05, 4.69) is 10.4 Å². The summed E-state index contributed by atoms with van der Waals surface area (Å²) in [5, 5.41) is 15.6. The number of anilines is 1. The van der Waals surface area contributed by atoms with E-state index in [0.717, 1.165) is 4.68 Å². The number of hydrogen-bond donors (Lipinski definition) is 2. The molecule has 0 aliphatic carbocycles. The van der Waals surface area contributed by atoms with E-state index in [-0.39, 0.29) is 5.69 Å². The molecule has 7 heteroatoms. The van der Waals surface area contributed by atoms with Crippen LogP contribution in [0.4, 0.5) is 5.69 Å². The quantitative estimate of drug-likeness (QED) is 0.875. The number of benzene rings is 1. The summed E-state index contributed by atoms with van der Waals surface area (Å²) in [5.41, 5.74) is 0.663. The Kier molecular flexibility index (Phi) is 4.22. The Morgan fingerprint density at radius 2 is 2.05 bits per heavy atom. The van der Waals surface area contributed by atoms with Gasteiger partial charge in [0.15, 0.2) is 0 Å². The molecule has 2 N–H and O–H groups in total. The second-order valence-electron chi connectivity index (χ2n) is 4.33. The van der Waals surface area contributed by atoms with Crippen molar-refractivity contribution in [2.24, 2.45) is 0 Å². The van der Waals surface area contributed by atoms with Gasteiger partial charge in [0.2, 0.25) is 0 Å². The molecule has 1 atom stereocenters. The van der Waals surface area contributed by atoms with E-state index in [4.69, 9.17) is 9.84 Å². The number of carboxylic acids is 1. The number of nitrogens with one attached hydrogen (secondary N) is 1. The highest BCUT2D eigenvalue weighted by molar-refractivity contribution is 6.04. The first kappa shape index (κ1) is 14.6. The average Bonchev–Trinajstić information content (AvgIpc) is 2.96. The number of carboxylic acid groups (broad SMARTS) is 1. The molecule has 0 fully saturated rings. The van der Waals surface area contributed by atoms with E-state index < -0.39 is 17.9 Å². The van der Waals surface area contributed by atoms with Crippen molar-refractivity contribution < 1.29 is 19.4 Å². The largest absolute Gasteiger partial charge is 0.495 e. The summed E-state index contributed by atoms with van der Waals surface area (Å²) in [6, 6.07) is 7.48. The molecule has 110 valence electrons. The SMILES string of the molecule is COc1ccccc1NC(=O)c1ccnn1C(C)C(=O)O. The van der Waals surface area contributed by atoms with Gasteiger partial charge in [-0.05, 0) is 25.1 Å². The van der Waals surface area contributed by atoms with Crippen molar-refractivity contribution in [3.63, 3.8) is 0 Å². The van der Waals surface area contributed by atoms with Crippen LogP contribution in [0.15, 0.2) is 36.5 Å². The number of rotatable bonds is 5. The van der Waals surface area contributed by atoms with Gasteiger partial charge >= 0.3 is 5.97 Å². The van der Waals surface area contributed by atoms with Gasteiger partial charge in [-0.2, -0.15) is 5.10 Å². The molecule has 0 radical (unpaired) electrons. The van der Waals surface area contributed by atoms with Gasteiger partial charge in [-0.3, -0.25) is 4.79 Å². The molecule has 0 bridgehead atoms. The minimum atomic E-state index is -1.06. The number of aliphatic carboxylic acids is 1. The predicted molar refractivity (Wildman–Crippen MR) is 75.5 cm³/mol. The Hall–Kier alpha value is -2.83. The first-order valence-corrected chi connectivity index (χ1v) is 6.25. The number of amides is 1. The van der Waals surface area contributed by atoms with Crippen LogP contribution in [0.2, 0.25) is 0 Å². The van der Waals surface area contributed by atoms with E-state index in [1.165, 1.54) is 26.3 Å². The number of nitrogens with zero attached hydrogens (tertiary/aromatic N) is 2. The summed E-state index contributed by atoms with van der Waals surface area (Å²) < 4.78 is 6.31. The molecular weight excluding hydrogens is 274 g/mol. The van der Waals surface area contributed by atoms with Gasteiger partial charge in [0.25, 0.3) is 5.91 Å². The zero-order chi connectivity index (χ0) is 15.4. The van der Waals surface area contributed by atoms with Gasteiger partial charge in [0.1, 0.15) is 17.5 Å². The molecule has 1 unspecified atom stereocenters. The molecule has 2 aromatic rings. The summed E-state index contributed by atoms with van der Waals surface area (Å²) in [6.07, 6.45) is 1.39. The third kappa shape index (κ3) is 3.02. The normalized spacial score (nSPS) is 11.7. The van der Waals surface area contributed by atoms with Crippen molar-refractivity contribution in [1.82, 2.24) is 9.78 Å². The molecule has 21 heavy (non-hydrogen) atoms. The molecule has 1 heterocycles. The molecule has 0 aliphatic rings. The highest BCUT2D eigenvalue weighted by atomic mass is 16.5. The van der Waals surface area contributed by atoms with E-state index in [0.29, 0.717) is 11.4 Å². The lowest BCUT2D eigenvalue weighted by Crippen LogP contribution is -2.24. The Balaban J connectivity index is 2.26. The fraction of sp³-hybridized carbons (Fsp3) is 0.214. The van der Waals surface area contributed by atoms with Crippen molar-refractivity contribution >= 4 is 17.6 Å². The summed E-state index contributed by atoms with van der Waals surface area (Å²) in [4.78, 5) is 23.3. The van der Waals surface area contributed by atoms with Crippen LogP contribution in [0.25, 0.3) is 0 Å². The lowest BCUT2D eigenvalue weighted by atomic mass is 10.2. The van der Waals surface area contributed by atoms with Crippen LogP contribution in [0.5, 0.6) is 5.75 Å². The Labute approximate surface area is 121 Å². The molecule has 0 saturated heterocycles. The summed E-state index contributed by atoms with van der Waals surface area (Å²) in [5.74, 6) is -1.00. The summed E-state index contributed by atoms with van der Waals surface area (Å²) in [7, 11) is 1.50. The first-order chi connectivity index (χ1) is 10.0. The van der Waals surface area contributed by atoms with Crippen molar-refractivity contribution in [3.8, 4) is 5.75 Å². The highest BCUT2D eigenvalue weighted by Crippen LogP contribution is 2.23. The van der Waals surface area contributed by atoms with Crippen LogP contribution >= 0.6 is 0 Å². The minimum Gasteiger partial charge on any atom is -0.495 e. The van der Waals surface area contributed by atoms with Gasteiger partial charge in [-0.25, -0.2) is 9.48 Å². The third-order valence-electron chi connectivity index (χ3n) is 2.98. The van der Waals surface area contributed by atoms with Crippen LogP contribution in [0.3, 0.4) is 0 Å². The van der Waals surface area contributed by atoms with Gasteiger partial charge < -0.3 is 15.2 Å². The molecule has 0 spiro atoms. The minimum absolute atomic E-state index is 0.163. The van der Waals surface area contributed by atoms with Crippen molar-refractivity contribution in [2.75, 3.05) is 12.4 Å². The summed E-state index contributed by atoms with van der Waals surface area (Å²) >= 11 is 0. The number of para-hydroxylation sites is 2. The van der Waals surface area contributed by atoms with Gasteiger partial charge in [-0.1, -0.05) is 12.1 Å². The third-order valence-corrected chi connectivity index (χ3v) is 2.98. The van der Waals surface area contributed by atoms with E-state index in [9.17, 15) is 9.59 Å². The van der Waals surface area contributed by atoms with Crippen LogP contribution in [-0.4, -0.2) is 33.9 Å². The number of hydrogen-bond acceptors (Lipinski definition) is 4.